The van der Waals surface area contributed by atoms with Gasteiger partial charge >= 0.3 is 6.18 Å². The molecule has 0 amide bonds. The van der Waals surface area contributed by atoms with Crippen LogP contribution in [0, 0.1) is 6.92 Å². The normalized spacial score (nSPS) is 10.9. The van der Waals surface area contributed by atoms with Gasteiger partial charge in [0.05, 0.1) is 17.0 Å². The van der Waals surface area contributed by atoms with Gasteiger partial charge < -0.3 is 10.1 Å². The number of halogens is 3. The highest BCUT2D eigenvalue weighted by molar-refractivity contribution is 5.74. The minimum atomic E-state index is -4.42. The Morgan fingerprint density at radius 1 is 1.06 bits per heavy atom. The van der Waals surface area contributed by atoms with Crippen LogP contribution in [-0.2, 0) is 22.3 Å². The summed E-state index contributed by atoms with van der Waals surface area (Å²) in [6.45, 7) is 2.63. The number of ether oxygens (including phenoxy) is 1. The molecular formula is C23H21F3N4O2. The first-order valence-corrected chi connectivity index (χ1v) is 9.64. The number of rotatable bonds is 5. The van der Waals surface area contributed by atoms with Crippen LogP contribution in [0.3, 0.4) is 0 Å². The summed E-state index contributed by atoms with van der Waals surface area (Å²) in [6.07, 6.45) is -2.81. The quantitative estimate of drug-likeness (QED) is 0.434. The number of benzene rings is 2. The summed E-state index contributed by atoms with van der Waals surface area (Å²) in [5.74, 6) is 0. The lowest BCUT2D eigenvalue weighted by Gasteiger charge is -2.12. The van der Waals surface area contributed by atoms with Gasteiger partial charge in [-0.1, -0.05) is 48.5 Å². The Balaban J connectivity index is 0.000000243. The Kier molecular flexibility index (Phi) is 7.09. The lowest BCUT2D eigenvalue weighted by molar-refractivity contribution is -0.137. The number of nitrogens with one attached hydrogen (secondary N) is 1. The van der Waals surface area contributed by atoms with Gasteiger partial charge in [-0.3, -0.25) is 4.79 Å². The molecule has 0 aliphatic heterocycles. The fourth-order valence-corrected chi connectivity index (χ4v) is 3.14. The number of carbonyl (C=O) groups excluding carboxylic acids is 1. The molecule has 0 unspecified atom stereocenters. The summed E-state index contributed by atoms with van der Waals surface area (Å²) in [4.78, 5) is 14.1. The van der Waals surface area contributed by atoms with Crippen LogP contribution in [0.25, 0.3) is 16.9 Å². The van der Waals surface area contributed by atoms with Gasteiger partial charge in [-0.05, 0) is 24.6 Å². The number of alkyl halides is 3. The van der Waals surface area contributed by atoms with Gasteiger partial charge in [0, 0.05) is 18.8 Å². The second kappa shape index (κ2) is 9.95. The first kappa shape index (κ1) is 22.8. The van der Waals surface area contributed by atoms with Gasteiger partial charge in [-0.15, -0.1) is 0 Å². The van der Waals surface area contributed by atoms with Crippen LogP contribution >= 0.6 is 0 Å². The summed E-state index contributed by atoms with van der Waals surface area (Å²) in [5.41, 5.74) is 2.55. The smallest absolute Gasteiger partial charge is 0.417 e. The molecule has 0 saturated heterocycles. The summed E-state index contributed by atoms with van der Waals surface area (Å²) in [7, 11) is 1.72. The third-order valence-corrected chi connectivity index (χ3v) is 4.58. The van der Waals surface area contributed by atoms with E-state index in [-0.39, 0.29) is 11.3 Å². The third-order valence-electron chi connectivity index (χ3n) is 4.58. The SMILES string of the molecule is CNc1c(C)nn2ccc(-c3ccccc3C(F)(F)F)nc12.O=COCc1ccccc1. The summed E-state index contributed by atoms with van der Waals surface area (Å²) in [5, 5.41) is 7.23. The number of hydrogen-bond donors (Lipinski definition) is 1. The van der Waals surface area contributed by atoms with Crippen LogP contribution < -0.4 is 5.32 Å². The Morgan fingerprint density at radius 3 is 2.41 bits per heavy atom. The topological polar surface area (TPSA) is 68.5 Å². The van der Waals surface area contributed by atoms with Crippen molar-refractivity contribution in [2.24, 2.45) is 0 Å². The maximum atomic E-state index is 13.1. The van der Waals surface area contributed by atoms with Gasteiger partial charge in [0.2, 0.25) is 0 Å². The number of carbonyl (C=O) groups is 1. The van der Waals surface area contributed by atoms with E-state index < -0.39 is 11.7 Å². The van der Waals surface area contributed by atoms with Crippen molar-refractivity contribution in [1.29, 1.82) is 0 Å². The number of aromatic nitrogens is 3. The molecule has 0 radical (unpaired) electrons. The molecule has 2 aromatic heterocycles. The van der Waals surface area contributed by atoms with E-state index in [0.717, 1.165) is 17.3 Å². The average molecular weight is 442 g/mol. The zero-order valence-electron chi connectivity index (χ0n) is 17.4. The molecule has 1 N–H and O–H groups in total. The zero-order chi connectivity index (χ0) is 23.1. The van der Waals surface area contributed by atoms with Crippen molar-refractivity contribution in [2.45, 2.75) is 19.7 Å². The molecule has 0 spiro atoms. The molecule has 32 heavy (non-hydrogen) atoms. The predicted molar refractivity (Wildman–Crippen MR) is 115 cm³/mol. The molecule has 0 atom stereocenters. The fraction of sp³-hybridized carbons (Fsp3) is 0.174. The van der Waals surface area contributed by atoms with Gasteiger partial charge in [-0.25, -0.2) is 9.50 Å². The molecule has 166 valence electrons. The third kappa shape index (κ3) is 5.23. The molecule has 2 aromatic carbocycles. The van der Waals surface area contributed by atoms with Crippen molar-refractivity contribution in [3.05, 3.63) is 83.7 Å². The molecule has 2 heterocycles. The van der Waals surface area contributed by atoms with Crippen molar-refractivity contribution in [1.82, 2.24) is 14.6 Å². The molecule has 4 aromatic rings. The molecule has 0 saturated carbocycles. The maximum absolute atomic E-state index is 13.1. The van der Waals surface area contributed by atoms with Gasteiger partial charge in [0.25, 0.3) is 6.47 Å². The van der Waals surface area contributed by atoms with Crippen LogP contribution in [0.15, 0.2) is 66.9 Å². The van der Waals surface area contributed by atoms with Gasteiger partial charge in [-0.2, -0.15) is 18.3 Å². The first-order chi connectivity index (χ1) is 15.3. The minimum absolute atomic E-state index is 0.0541. The van der Waals surface area contributed by atoms with Crippen molar-refractivity contribution in [3.8, 4) is 11.3 Å². The molecule has 4 rings (SSSR count). The molecule has 9 heteroatoms. The van der Waals surface area contributed by atoms with E-state index in [1.807, 2.05) is 37.3 Å². The van der Waals surface area contributed by atoms with Gasteiger partial charge in [0.15, 0.2) is 5.65 Å². The monoisotopic (exact) mass is 442 g/mol. The summed E-state index contributed by atoms with van der Waals surface area (Å²) < 4.78 is 45.5. The number of anilines is 1. The highest BCUT2D eigenvalue weighted by atomic mass is 19.4. The Hall–Kier alpha value is -3.88. The van der Waals surface area contributed by atoms with E-state index >= 15 is 0 Å². The highest BCUT2D eigenvalue weighted by Crippen LogP contribution is 2.36. The van der Waals surface area contributed by atoms with Crippen LogP contribution in [0.5, 0.6) is 0 Å². The van der Waals surface area contributed by atoms with Crippen molar-refractivity contribution < 1.29 is 22.7 Å². The lowest BCUT2D eigenvalue weighted by Crippen LogP contribution is -2.07. The molecule has 0 aliphatic carbocycles. The maximum Gasteiger partial charge on any atom is 0.417 e. The Bertz CT molecular complexity index is 1190. The second-order valence-corrected chi connectivity index (χ2v) is 6.73. The van der Waals surface area contributed by atoms with Crippen LogP contribution in [-0.4, -0.2) is 28.1 Å². The van der Waals surface area contributed by atoms with E-state index in [1.165, 1.54) is 18.2 Å². The van der Waals surface area contributed by atoms with Crippen LogP contribution in [0.1, 0.15) is 16.8 Å². The fourth-order valence-electron chi connectivity index (χ4n) is 3.14. The molecule has 0 aliphatic rings. The molecule has 0 fully saturated rings. The zero-order valence-corrected chi connectivity index (χ0v) is 17.4. The number of aryl methyl sites for hydroxylation is 1. The van der Waals surface area contributed by atoms with Crippen molar-refractivity contribution in [2.75, 3.05) is 12.4 Å². The van der Waals surface area contributed by atoms with Crippen molar-refractivity contribution in [3.63, 3.8) is 0 Å². The highest BCUT2D eigenvalue weighted by Gasteiger charge is 2.33. The predicted octanol–water partition coefficient (Wildman–Crippen LogP) is 5.12. The molecule has 6 nitrogen and oxygen atoms in total. The van der Waals surface area contributed by atoms with E-state index in [1.54, 1.807) is 23.8 Å². The van der Waals surface area contributed by atoms with Crippen molar-refractivity contribution >= 4 is 17.8 Å². The summed E-state index contributed by atoms with van der Waals surface area (Å²) in [6, 6.07) is 16.5. The summed E-state index contributed by atoms with van der Waals surface area (Å²) >= 11 is 0. The van der Waals surface area contributed by atoms with E-state index in [4.69, 9.17) is 0 Å². The average Bonchev–Trinajstić information content (AvgIpc) is 3.12. The van der Waals surface area contributed by atoms with Crippen LogP contribution in [0.4, 0.5) is 18.9 Å². The minimum Gasteiger partial charge on any atom is -0.463 e. The lowest BCUT2D eigenvalue weighted by atomic mass is 10.0. The number of fused-ring (bicyclic) bond motifs is 1. The molecular weight excluding hydrogens is 421 g/mol. The standard InChI is InChI=1S/C15H13F3N4.C8H8O2/c1-9-13(19-2)14-20-12(7-8-22(14)21-9)10-5-3-4-6-11(10)15(16,17)18;9-7-10-6-8-4-2-1-3-5-8/h3-8,19H,1-2H3;1-5,7H,6H2. The Labute approximate surface area is 182 Å². The van der Waals surface area contributed by atoms with E-state index in [2.05, 4.69) is 20.1 Å². The number of hydrogen-bond acceptors (Lipinski definition) is 5. The van der Waals surface area contributed by atoms with Crippen LogP contribution in [0.2, 0.25) is 0 Å². The van der Waals surface area contributed by atoms with E-state index in [9.17, 15) is 18.0 Å². The van der Waals surface area contributed by atoms with E-state index in [0.29, 0.717) is 24.4 Å². The first-order valence-electron chi connectivity index (χ1n) is 9.64. The number of nitrogens with zero attached hydrogens (tertiary/aromatic N) is 3. The second-order valence-electron chi connectivity index (χ2n) is 6.73. The Morgan fingerprint density at radius 2 is 1.75 bits per heavy atom. The van der Waals surface area contributed by atoms with Gasteiger partial charge in [0.1, 0.15) is 12.3 Å². The molecule has 0 bridgehead atoms. The largest absolute Gasteiger partial charge is 0.463 e.